The van der Waals surface area contributed by atoms with Crippen molar-refractivity contribution in [2.45, 2.75) is 6.42 Å². The van der Waals surface area contributed by atoms with E-state index in [1.165, 1.54) is 0 Å². The molecule has 2 N–H and O–H groups in total. The maximum Gasteiger partial charge on any atom is 0.269 e. The summed E-state index contributed by atoms with van der Waals surface area (Å²) in [6.07, 6.45) is 1.79. The Hall–Kier alpha value is -3.61. The van der Waals surface area contributed by atoms with E-state index in [-0.39, 0.29) is 12.3 Å². The topological polar surface area (TPSA) is 89.6 Å². The zero-order valence-electron chi connectivity index (χ0n) is 14.4. The Labute approximate surface area is 155 Å². The number of ether oxygens (including phenoxy) is 2. The number of hydrogen-bond donors (Lipinski definition) is 2. The van der Waals surface area contributed by atoms with Crippen LogP contribution < -0.4 is 20.3 Å². The highest BCUT2D eigenvalue weighted by Gasteiger charge is 2.15. The second-order valence-corrected chi connectivity index (χ2v) is 6.03. The lowest BCUT2D eigenvalue weighted by molar-refractivity contribution is -0.121. The molecule has 0 atom stereocenters. The van der Waals surface area contributed by atoms with Gasteiger partial charge in [0.05, 0.1) is 11.9 Å². The summed E-state index contributed by atoms with van der Waals surface area (Å²) in [5.74, 6) is 0.350. The van der Waals surface area contributed by atoms with Crippen LogP contribution in [0, 0.1) is 0 Å². The van der Waals surface area contributed by atoms with E-state index in [0.717, 1.165) is 16.5 Å². The lowest BCUT2D eigenvalue weighted by atomic mass is 10.1. The molecule has 0 saturated heterocycles. The quantitative estimate of drug-likeness (QED) is 0.695. The number of aromatic nitrogens is 1. The molecule has 0 aliphatic carbocycles. The first-order valence-corrected chi connectivity index (χ1v) is 8.52. The Morgan fingerprint density at radius 2 is 1.78 bits per heavy atom. The zero-order valence-corrected chi connectivity index (χ0v) is 14.4. The fourth-order valence-corrected chi connectivity index (χ4v) is 2.91. The van der Waals surface area contributed by atoms with Gasteiger partial charge in [0.1, 0.15) is 13.2 Å². The molecule has 7 nitrogen and oxygen atoms in total. The third-order valence-corrected chi connectivity index (χ3v) is 4.19. The van der Waals surface area contributed by atoms with Gasteiger partial charge in [-0.3, -0.25) is 25.4 Å². The van der Waals surface area contributed by atoms with Crippen LogP contribution in [-0.4, -0.2) is 30.0 Å². The van der Waals surface area contributed by atoms with Crippen molar-refractivity contribution < 1.29 is 19.1 Å². The van der Waals surface area contributed by atoms with Gasteiger partial charge in [-0.25, -0.2) is 0 Å². The third kappa shape index (κ3) is 3.67. The summed E-state index contributed by atoms with van der Waals surface area (Å²) in [7, 11) is 0. The summed E-state index contributed by atoms with van der Waals surface area (Å²) in [6, 6.07) is 14.3. The molecule has 0 bridgehead atoms. The van der Waals surface area contributed by atoms with Gasteiger partial charge in [0.2, 0.25) is 5.91 Å². The van der Waals surface area contributed by atoms with Crippen LogP contribution in [-0.2, 0) is 11.2 Å². The Bertz CT molecular complexity index is 1010. The molecule has 3 aromatic rings. The molecule has 2 amide bonds. The van der Waals surface area contributed by atoms with Gasteiger partial charge in [-0.05, 0) is 29.8 Å². The maximum absolute atomic E-state index is 12.3. The number of carbonyl (C=O) groups excluding carboxylic acids is 2. The summed E-state index contributed by atoms with van der Waals surface area (Å²) in [5.41, 5.74) is 6.78. The van der Waals surface area contributed by atoms with Crippen LogP contribution in [0.4, 0.5) is 0 Å². The number of hydrazine groups is 1. The standard InChI is InChI=1S/C20H17N3O4/c24-18(12-14-4-1-3-13-5-2-8-21-19(13)14)22-23-20(25)15-6-7-16-17(11-15)27-10-9-26-16/h1-8,11H,9-10,12H2,(H,22,24)(H,23,25). The smallest absolute Gasteiger partial charge is 0.269 e. The monoisotopic (exact) mass is 363 g/mol. The molecule has 0 spiro atoms. The Morgan fingerprint density at radius 3 is 2.67 bits per heavy atom. The van der Waals surface area contributed by atoms with Gasteiger partial charge in [-0.2, -0.15) is 0 Å². The highest BCUT2D eigenvalue weighted by Crippen LogP contribution is 2.30. The van der Waals surface area contributed by atoms with E-state index >= 15 is 0 Å². The van der Waals surface area contributed by atoms with E-state index in [9.17, 15) is 9.59 Å². The number of rotatable bonds is 3. The molecule has 0 unspecified atom stereocenters. The second kappa shape index (κ2) is 7.33. The first-order chi connectivity index (χ1) is 13.2. The minimum atomic E-state index is -0.434. The van der Waals surface area contributed by atoms with Gasteiger partial charge in [0.25, 0.3) is 5.91 Å². The van der Waals surface area contributed by atoms with E-state index in [0.29, 0.717) is 30.3 Å². The van der Waals surface area contributed by atoms with Gasteiger partial charge in [0, 0.05) is 17.1 Å². The molecule has 2 heterocycles. The van der Waals surface area contributed by atoms with Crippen molar-refractivity contribution >= 4 is 22.7 Å². The van der Waals surface area contributed by atoms with Crippen molar-refractivity contribution in [3.05, 3.63) is 65.9 Å². The van der Waals surface area contributed by atoms with Gasteiger partial charge >= 0.3 is 0 Å². The summed E-state index contributed by atoms with van der Waals surface area (Å²) < 4.78 is 10.9. The number of benzene rings is 2. The number of fused-ring (bicyclic) bond motifs is 2. The van der Waals surface area contributed by atoms with Crippen molar-refractivity contribution in [3.8, 4) is 11.5 Å². The Kier molecular flexibility index (Phi) is 4.57. The Balaban J connectivity index is 1.39. The highest BCUT2D eigenvalue weighted by atomic mass is 16.6. The van der Waals surface area contributed by atoms with Crippen LogP contribution in [0.1, 0.15) is 15.9 Å². The molecule has 1 aliphatic rings. The van der Waals surface area contributed by atoms with Crippen LogP contribution >= 0.6 is 0 Å². The first-order valence-electron chi connectivity index (χ1n) is 8.52. The van der Waals surface area contributed by atoms with Crippen LogP contribution in [0.2, 0.25) is 0 Å². The molecular weight excluding hydrogens is 346 g/mol. The van der Waals surface area contributed by atoms with Gasteiger partial charge in [-0.15, -0.1) is 0 Å². The normalized spacial score (nSPS) is 12.4. The van der Waals surface area contributed by atoms with Gasteiger partial charge in [0.15, 0.2) is 11.5 Å². The van der Waals surface area contributed by atoms with Crippen LogP contribution in [0.25, 0.3) is 10.9 Å². The van der Waals surface area contributed by atoms with Crippen molar-refractivity contribution in [3.63, 3.8) is 0 Å². The summed E-state index contributed by atoms with van der Waals surface area (Å²) in [5, 5.41) is 0.961. The van der Waals surface area contributed by atoms with Crippen LogP contribution in [0.15, 0.2) is 54.7 Å². The fraction of sp³-hybridized carbons (Fsp3) is 0.150. The predicted molar refractivity (Wildman–Crippen MR) is 98.5 cm³/mol. The third-order valence-electron chi connectivity index (χ3n) is 4.19. The highest BCUT2D eigenvalue weighted by molar-refractivity contribution is 5.96. The van der Waals surface area contributed by atoms with Gasteiger partial charge in [-0.1, -0.05) is 24.3 Å². The molecule has 7 heteroatoms. The summed E-state index contributed by atoms with van der Waals surface area (Å²) >= 11 is 0. The zero-order chi connectivity index (χ0) is 18.6. The number of hydrogen-bond acceptors (Lipinski definition) is 5. The molecule has 1 aliphatic heterocycles. The van der Waals surface area contributed by atoms with Crippen LogP contribution in [0.5, 0.6) is 11.5 Å². The SMILES string of the molecule is O=C(Cc1cccc2cccnc12)NNC(=O)c1ccc2c(c1)OCCO2. The molecule has 2 aromatic carbocycles. The largest absolute Gasteiger partial charge is 0.486 e. The number of amides is 2. The fourth-order valence-electron chi connectivity index (χ4n) is 2.91. The average molecular weight is 363 g/mol. The lowest BCUT2D eigenvalue weighted by Crippen LogP contribution is -2.42. The molecule has 27 heavy (non-hydrogen) atoms. The molecular formula is C20H17N3O4. The maximum atomic E-state index is 12.3. The van der Waals surface area contributed by atoms with Crippen molar-refractivity contribution in [1.82, 2.24) is 15.8 Å². The minimum absolute atomic E-state index is 0.107. The molecule has 1 aromatic heterocycles. The van der Waals surface area contributed by atoms with E-state index in [4.69, 9.17) is 9.47 Å². The molecule has 0 fully saturated rings. The summed E-state index contributed by atoms with van der Waals surface area (Å²) in [6.45, 7) is 0.922. The van der Waals surface area contributed by atoms with E-state index in [2.05, 4.69) is 15.8 Å². The van der Waals surface area contributed by atoms with E-state index in [1.54, 1.807) is 24.4 Å². The second-order valence-electron chi connectivity index (χ2n) is 6.03. The van der Waals surface area contributed by atoms with E-state index < -0.39 is 5.91 Å². The van der Waals surface area contributed by atoms with Crippen LogP contribution in [0.3, 0.4) is 0 Å². The first kappa shape index (κ1) is 16.8. The molecule has 136 valence electrons. The number of para-hydroxylation sites is 1. The molecule has 0 saturated carbocycles. The molecule has 0 radical (unpaired) electrons. The number of pyridine rings is 1. The summed E-state index contributed by atoms with van der Waals surface area (Å²) in [4.78, 5) is 28.8. The van der Waals surface area contributed by atoms with Crippen molar-refractivity contribution in [2.24, 2.45) is 0 Å². The Morgan fingerprint density at radius 1 is 0.963 bits per heavy atom. The lowest BCUT2D eigenvalue weighted by Gasteiger charge is -2.18. The minimum Gasteiger partial charge on any atom is -0.486 e. The van der Waals surface area contributed by atoms with E-state index in [1.807, 2.05) is 30.3 Å². The van der Waals surface area contributed by atoms with Crippen molar-refractivity contribution in [1.29, 1.82) is 0 Å². The van der Waals surface area contributed by atoms with Gasteiger partial charge < -0.3 is 9.47 Å². The average Bonchev–Trinajstić information content (AvgIpc) is 2.72. The predicted octanol–water partition coefficient (Wildman–Crippen LogP) is 2.01. The number of nitrogens with zero attached hydrogens (tertiary/aromatic N) is 1. The van der Waals surface area contributed by atoms with Crippen molar-refractivity contribution in [2.75, 3.05) is 13.2 Å². The molecule has 4 rings (SSSR count). The number of nitrogens with one attached hydrogen (secondary N) is 2. The number of carbonyl (C=O) groups is 2.